The van der Waals surface area contributed by atoms with Crippen molar-refractivity contribution < 1.29 is 0 Å². The molecule has 0 heteroatoms. The molecule has 126 valence electrons. The van der Waals surface area contributed by atoms with Crippen LogP contribution < -0.4 is 0 Å². The Bertz CT molecular complexity index is 327. The molecule has 1 unspecified atom stereocenters. The first-order valence-electron chi connectivity index (χ1n) is 9.93. The molecule has 1 aromatic rings. The SMILES string of the molecule is CCCCCCCCCC(CCCCCC)c1ccccc1. The lowest BCUT2D eigenvalue weighted by Crippen LogP contribution is -1.99. The topological polar surface area (TPSA) is 0 Å². The summed E-state index contributed by atoms with van der Waals surface area (Å²) >= 11 is 0. The Hall–Kier alpha value is -0.780. The Morgan fingerprint density at radius 1 is 0.591 bits per heavy atom. The van der Waals surface area contributed by atoms with Crippen molar-refractivity contribution in [3.63, 3.8) is 0 Å². The van der Waals surface area contributed by atoms with Crippen molar-refractivity contribution in [1.82, 2.24) is 0 Å². The van der Waals surface area contributed by atoms with Crippen LogP contribution in [-0.2, 0) is 0 Å². The molecule has 1 aromatic carbocycles. The lowest BCUT2D eigenvalue weighted by Gasteiger charge is -2.17. The van der Waals surface area contributed by atoms with E-state index in [1.54, 1.807) is 5.56 Å². The van der Waals surface area contributed by atoms with Crippen LogP contribution >= 0.6 is 0 Å². The predicted molar refractivity (Wildman–Crippen MR) is 101 cm³/mol. The second kappa shape index (κ2) is 13.9. The van der Waals surface area contributed by atoms with Crippen LogP contribution in [0.25, 0.3) is 0 Å². The number of rotatable bonds is 14. The molecule has 22 heavy (non-hydrogen) atoms. The number of benzene rings is 1. The van der Waals surface area contributed by atoms with Gasteiger partial charge in [0.15, 0.2) is 0 Å². The fraction of sp³-hybridized carbons (Fsp3) is 0.727. The van der Waals surface area contributed by atoms with Crippen molar-refractivity contribution in [2.24, 2.45) is 0 Å². The molecule has 0 aliphatic rings. The smallest absolute Gasteiger partial charge is 0.0162 e. The summed E-state index contributed by atoms with van der Waals surface area (Å²) in [5.74, 6) is 0.800. The molecule has 1 atom stereocenters. The highest BCUT2D eigenvalue weighted by Crippen LogP contribution is 2.28. The highest BCUT2D eigenvalue weighted by molar-refractivity contribution is 5.19. The van der Waals surface area contributed by atoms with Gasteiger partial charge in [0, 0.05) is 0 Å². The summed E-state index contributed by atoms with van der Waals surface area (Å²) in [5.41, 5.74) is 1.57. The standard InChI is InChI=1S/C22H38/c1-3-5-7-9-10-11-14-18-21(17-13-8-6-4-2)22-19-15-12-16-20-22/h12,15-16,19-21H,3-11,13-14,17-18H2,1-2H3. The van der Waals surface area contributed by atoms with Gasteiger partial charge in [0.1, 0.15) is 0 Å². The van der Waals surface area contributed by atoms with Crippen LogP contribution in [0.5, 0.6) is 0 Å². The minimum atomic E-state index is 0.800. The molecular weight excluding hydrogens is 264 g/mol. The maximum absolute atomic E-state index is 2.34. The molecule has 0 aromatic heterocycles. The van der Waals surface area contributed by atoms with Gasteiger partial charge in [-0.05, 0) is 24.3 Å². The van der Waals surface area contributed by atoms with E-state index in [0.717, 1.165) is 5.92 Å². The molecule has 0 heterocycles. The Morgan fingerprint density at radius 3 is 1.59 bits per heavy atom. The van der Waals surface area contributed by atoms with Crippen molar-refractivity contribution in [3.8, 4) is 0 Å². The van der Waals surface area contributed by atoms with Crippen LogP contribution in [0.3, 0.4) is 0 Å². The minimum absolute atomic E-state index is 0.800. The quantitative estimate of drug-likeness (QED) is 0.306. The molecule has 0 N–H and O–H groups in total. The molecule has 0 fully saturated rings. The van der Waals surface area contributed by atoms with E-state index in [4.69, 9.17) is 0 Å². The van der Waals surface area contributed by atoms with Gasteiger partial charge in [0.25, 0.3) is 0 Å². The monoisotopic (exact) mass is 302 g/mol. The third kappa shape index (κ3) is 9.28. The molecule has 0 spiro atoms. The zero-order chi connectivity index (χ0) is 15.9. The lowest BCUT2D eigenvalue weighted by atomic mass is 9.88. The van der Waals surface area contributed by atoms with Crippen molar-refractivity contribution in [3.05, 3.63) is 35.9 Å². The summed E-state index contributed by atoms with van der Waals surface area (Å²) < 4.78 is 0. The Morgan fingerprint density at radius 2 is 1.05 bits per heavy atom. The van der Waals surface area contributed by atoms with Crippen LogP contribution in [0.1, 0.15) is 109 Å². The first kappa shape index (κ1) is 19.3. The second-order valence-electron chi connectivity index (χ2n) is 6.87. The molecule has 0 aliphatic heterocycles. The Balaban J connectivity index is 2.26. The molecule has 0 bridgehead atoms. The Labute approximate surface area is 139 Å². The van der Waals surface area contributed by atoms with Gasteiger partial charge in [-0.15, -0.1) is 0 Å². The van der Waals surface area contributed by atoms with Crippen molar-refractivity contribution in [2.45, 2.75) is 103 Å². The molecule has 0 radical (unpaired) electrons. The summed E-state index contributed by atoms with van der Waals surface area (Å²) in [6.07, 6.45) is 18.3. The van der Waals surface area contributed by atoms with E-state index in [2.05, 4.69) is 44.2 Å². The van der Waals surface area contributed by atoms with Gasteiger partial charge in [-0.1, -0.05) is 115 Å². The minimum Gasteiger partial charge on any atom is -0.0654 e. The highest BCUT2D eigenvalue weighted by Gasteiger charge is 2.10. The third-order valence-corrected chi connectivity index (χ3v) is 4.83. The van der Waals surface area contributed by atoms with E-state index in [1.807, 2.05) is 0 Å². The van der Waals surface area contributed by atoms with Crippen LogP contribution in [-0.4, -0.2) is 0 Å². The summed E-state index contributed by atoms with van der Waals surface area (Å²) in [6, 6.07) is 11.2. The Kier molecular flexibility index (Phi) is 12.1. The van der Waals surface area contributed by atoms with E-state index in [9.17, 15) is 0 Å². The zero-order valence-corrected chi connectivity index (χ0v) is 15.2. The van der Waals surface area contributed by atoms with Crippen molar-refractivity contribution in [1.29, 1.82) is 0 Å². The molecular formula is C22H38. The van der Waals surface area contributed by atoms with E-state index < -0.39 is 0 Å². The first-order valence-corrected chi connectivity index (χ1v) is 9.93. The normalized spacial score (nSPS) is 12.5. The van der Waals surface area contributed by atoms with Gasteiger partial charge in [0.05, 0.1) is 0 Å². The number of hydrogen-bond acceptors (Lipinski definition) is 0. The van der Waals surface area contributed by atoms with Gasteiger partial charge in [-0.2, -0.15) is 0 Å². The fourth-order valence-corrected chi connectivity index (χ4v) is 3.37. The predicted octanol–water partition coefficient (Wildman–Crippen LogP) is 7.88. The summed E-state index contributed by atoms with van der Waals surface area (Å²) in [6.45, 7) is 4.59. The molecule has 0 aliphatic carbocycles. The highest BCUT2D eigenvalue weighted by atomic mass is 14.2. The maximum atomic E-state index is 2.34. The fourth-order valence-electron chi connectivity index (χ4n) is 3.37. The van der Waals surface area contributed by atoms with Gasteiger partial charge in [-0.3, -0.25) is 0 Å². The lowest BCUT2D eigenvalue weighted by molar-refractivity contribution is 0.490. The second-order valence-corrected chi connectivity index (χ2v) is 6.87. The van der Waals surface area contributed by atoms with Crippen molar-refractivity contribution in [2.75, 3.05) is 0 Å². The molecule has 0 amide bonds. The van der Waals surface area contributed by atoms with Crippen LogP contribution in [0, 0.1) is 0 Å². The van der Waals surface area contributed by atoms with Crippen LogP contribution in [0.2, 0.25) is 0 Å². The average molecular weight is 303 g/mol. The van der Waals surface area contributed by atoms with Crippen LogP contribution in [0.4, 0.5) is 0 Å². The van der Waals surface area contributed by atoms with Gasteiger partial charge in [-0.25, -0.2) is 0 Å². The van der Waals surface area contributed by atoms with Gasteiger partial charge >= 0.3 is 0 Å². The molecule has 0 saturated carbocycles. The van der Waals surface area contributed by atoms with Gasteiger partial charge < -0.3 is 0 Å². The zero-order valence-electron chi connectivity index (χ0n) is 15.2. The van der Waals surface area contributed by atoms with Crippen LogP contribution in [0.15, 0.2) is 30.3 Å². The van der Waals surface area contributed by atoms with E-state index in [1.165, 1.54) is 83.5 Å². The molecule has 0 saturated heterocycles. The van der Waals surface area contributed by atoms with Gasteiger partial charge in [0.2, 0.25) is 0 Å². The summed E-state index contributed by atoms with van der Waals surface area (Å²) in [5, 5.41) is 0. The summed E-state index contributed by atoms with van der Waals surface area (Å²) in [4.78, 5) is 0. The van der Waals surface area contributed by atoms with E-state index in [0.29, 0.717) is 0 Å². The number of hydrogen-bond donors (Lipinski definition) is 0. The maximum Gasteiger partial charge on any atom is -0.0162 e. The average Bonchev–Trinajstić information content (AvgIpc) is 2.56. The number of unbranched alkanes of at least 4 members (excludes halogenated alkanes) is 9. The first-order chi connectivity index (χ1) is 10.9. The molecule has 1 rings (SSSR count). The van der Waals surface area contributed by atoms with E-state index in [-0.39, 0.29) is 0 Å². The summed E-state index contributed by atoms with van der Waals surface area (Å²) in [7, 11) is 0. The van der Waals surface area contributed by atoms with E-state index >= 15 is 0 Å². The third-order valence-electron chi connectivity index (χ3n) is 4.83. The molecule has 0 nitrogen and oxygen atoms in total. The largest absolute Gasteiger partial charge is 0.0654 e. The van der Waals surface area contributed by atoms with Crippen molar-refractivity contribution >= 4 is 0 Å².